The molecule has 1 aliphatic rings. The standard InChI is InChI=1S/C13H12N2O2/c1-8-6-7-11(17-8)12-14-10-5-3-2-4-9(10)13(16)15-12/h2-7,12,14H,1H3,(H,15,16)/t12-/m1/s1. The molecule has 0 unspecified atom stereocenters. The van der Waals surface area contributed by atoms with Gasteiger partial charge >= 0.3 is 0 Å². The van der Waals surface area contributed by atoms with Crippen LogP contribution in [0.1, 0.15) is 28.0 Å². The van der Waals surface area contributed by atoms with Crippen LogP contribution in [-0.4, -0.2) is 5.91 Å². The van der Waals surface area contributed by atoms with E-state index in [4.69, 9.17) is 4.42 Å². The summed E-state index contributed by atoms with van der Waals surface area (Å²) >= 11 is 0. The summed E-state index contributed by atoms with van der Waals surface area (Å²) in [6, 6.07) is 11.2. The predicted molar refractivity (Wildman–Crippen MR) is 63.7 cm³/mol. The van der Waals surface area contributed by atoms with Crippen LogP contribution in [0.15, 0.2) is 40.8 Å². The molecule has 2 heterocycles. The molecule has 2 aromatic rings. The Morgan fingerprint density at radius 2 is 1.94 bits per heavy atom. The van der Waals surface area contributed by atoms with Crippen molar-refractivity contribution in [1.82, 2.24) is 5.32 Å². The number of aryl methyl sites for hydroxylation is 1. The van der Waals surface area contributed by atoms with Crippen molar-refractivity contribution < 1.29 is 9.21 Å². The summed E-state index contributed by atoms with van der Waals surface area (Å²) in [5, 5.41) is 6.09. The molecule has 1 aliphatic heterocycles. The zero-order valence-corrected chi connectivity index (χ0v) is 9.36. The lowest BCUT2D eigenvalue weighted by Gasteiger charge is -2.26. The lowest BCUT2D eigenvalue weighted by molar-refractivity contribution is 0.0930. The Hall–Kier alpha value is -2.23. The SMILES string of the molecule is Cc1ccc([C@H]2NC(=O)c3ccccc3N2)o1. The molecule has 1 aromatic carbocycles. The number of carbonyl (C=O) groups excluding carboxylic acids is 1. The number of rotatable bonds is 1. The highest BCUT2D eigenvalue weighted by molar-refractivity contribution is 6.01. The van der Waals surface area contributed by atoms with Crippen LogP contribution in [0.3, 0.4) is 0 Å². The van der Waals surface area contributed by atoms with Gasteiger partial charge in [0.05, 0.1) is 5.56 Å². The van der Waals surface area contributed by atoms with E-state index >= 15 is 0 Å². The van der Waals surface area contributed by atoms with E-state index in [1.165, 1.54) is 0 Å². The molecule has 3 rings (SSSR count). The molecule has 86 valence electrons. The Morgan fingerprint density at radius 3 is 2.71 bits per heavy atom. The fourth-order valence-corrected chi connectivity index (χ4v) is 1.96. The zero-order valence-electron chi connectivity index (χ0n) is 9.36. The molecule has 0 saturated heterocycles. The zero-order chi connectivity index (χ0) is 11.8. The van der Waals surface area contributed by atoms with Crippen LogP contribution >= 0.6 is 0 Å². The largest absolute Gasteiger partial charge is 0.462 e. The fraction of sp³-hybridized carbons (Fsp3) is 0.154. The summed E-state index contributed by atoms with van der Waals surface area (Å²) in [5.41, 5.74) is 1.49. The van der Waals surface area contributed by atoms with Crippen LogP contribution in [-0.2, 0) is 0 Å². The highest BCUT2D eigenvalue weighted by atomic mass is 16.3. The molecule has 1 aromatic heterocycles. The number of furan rings is 1. The Kier molecular flexibility index (Phi) is 2.14. The van der Waals surface area contributed by atoms with Gasteiger partial charge in [-0.05, 0) is 31.2 Å². The van der Waals surface area contributed by atoms with Gasteiger partial charge < -0.3 is 15.1 Å². The molecule has 0 aliphatic carbocycles. The maximum atomic E-state index is 11.9. The van der Waals surface area contributed by atoms with Gasteiger partial charge in [-0.3, -0.25) is 4.79 Å². The van der Waals surface area contributed by atoms with E-state index in [0.29, 0.717) is 11.3 Å². The van der Waals surface area contributed by atoms with Crippen LogP contribution in [0.4, 0.5) is 5.69 Å². The minimum Gasteiger partial charge on any atom is -0.462 e. The van der Waals surface area contributed by atoms with Gasteiger partial charge in [-0.1, -0.05) is 12.1 Å². The second kappa shape index (κ2) is 3.66. The van der Waals surface area contributed by atoms with E-state index in [1.54, 1.807) is 6.07 Å². The van der Waals surface area contributed by atoms with E-state index in [2.05, 4.69) is 10.6 Å². The maximum absolute atomic E-state index is 11.9. The van der Waals surface area contributed by atoms with Crippen molar-refractivity contribution in [3.8, 4) is 0 Å². The summed E-state index contributed by atoms with van der Waals surface area (Å²) in [7, 11) is 0. The quantitative estimate of drug-likeness (QED) is 0.788. The van der Waals surface area contributed by atoms with Crippen molar-refractivity contribution in [3.63, 3.8) is 0 Å². The van der Waals surface area contributed by atoms with Crippen LogP contribution in [0.25, 0.3) is 0 Å². The molecule has 2 N–H and O–H groups in total. The number of para-hydroxylation sites is 1. The topological polar surface area (TPSA) is 54.3 Å². The van der Waals surface area contributed by atoms with Crippen molar-refractivity contribution in [2.45, 2.75) is 13.1 Å². The van der Waals surface area contributed by atoms with Gasteiger partial charge in [0.25, 0.3) is 5.91 Å². The predicted octanol–water partition coefficient (Wildman–Crippen LogP) is 2.44. The van der Waals surface area contributed by atoms with E-state index in [0.717, 1.165) is 11.4 Å². The molecule has 0 fully saturated rings. The third-order valence-electron chi connectivity index (χ3n) is 2.79. The number of carbonyl (C=O) groups is 1. The van der Waals surface area contributed by atoms with Crippen molar-refractivity contribution in [3.05, 3.63) is 53.5 Å². The number of nitrogens with one attached hydrogen (secondary N) is 2. The summed E-state index contributed by atoms with van der Waals surface area (Å²) in [5.74, 6) is 1.46. The first-order valence-corrected chi connectivity index (χ1v) is 5.47. The lowest BCUT2D eigenvalue weighted by atomic mass is 10.1. The third-order valence-corrected chi connectivity index (χ3v) is 2.79. The Balaban J connectivity index is 1.96. The van der Waals surface area contributed by atoms with Crippen molar-refractivity contribution in [2.75, 3.05) is 5.32 Å². The summed E-state index contributed by atoms with van der Waals surface area (Å²) in [4.78, 5) is 11.9. The molecule has 17 heavy (non-hydrogen) atoms. The number of hydrogen-bond donors (Lipinski definition) is 2. The molecule has 0 saturated carbocycles. The van der Waals surface area contributed by atoms with Gasteiger partial charge in [0.15, 0.2) is 6.17 Å². The highest BCUT2D eigenvalue weighted by Crippen LogP contribution is 2.26. The number of fused-ring (bicyclic) bond motifs is 1. The Labute approximate surface area is 98.6 Å². The third kappa shape index (κ3) is 1.67. The number of hydrogen-bond acceptors (Lipinski definition) is 3. The van der Waals surface area contributed by atoms with Gasteiger partial charge in [0, 0.05) is 5.69 Å². The van der Waals surface area contributed by atoms with Crippen LogP contribution in [0, 0.1) is 6.92 Å². The smallest absolute Gasteiger partial charge is 0.255 e. The van der Waals surface area contributed by atoms with Crippen molar-refractivity contribution in [2.24, 2.45) is 0 Å². The van der Waals surface area contributed by atoms with Crippen molar-refractivity contribution in [1.29, 1.82) is 0 Å². The molecule has 1 atom stereocenters. The second-order valence-corrected chi connectivity index (χ2v) is 4.04. The Morgan fingerprint density at radius 1 is 1.12 bits per heavy atom. The minimum absolute atomic E-state index is 0.0848. The van der Waals surface area contributed by atoms with Gasteiger partial charge in [0.2, 0.25) is 0 Å². The summed E-state index contributed by atoms with van der Waals surface area (Å²) in [6.45, 7) is 1.88. The van der Waals surface area contributed by atoms with E-state index < -0.39 is 0 Å². The molecule has 0 spiro atoms. The summed E-state index contributed by atoms with van der Waals surface area (Å²) in [6.07, 6.45) is -0.300. The number of amides is 1. The van der Waals surface area contributed by atoms with Gasteiger partial charge in [-0.2, -0.15) is 0 Å². The molecule has 4 heteroatoms. The average Bonchev–Trinajstić information content (AvgIpc) is 2.76. The molecule has 1 amide bonds. The molecular formula is C13H12N2O2. The maximum Gasteiger partial charge on any atom is 0.255 e. The number of anilines is 1. The minimum atomic E-state index is -0.300. The van der Waals surface area contributed by atoms with Gasteiger partial charge in [-0.25, -0.2) is 0 Å². The van der Waals surface area contributed by atoms with Crippen LogP contribution < -0.4 is 10.6 Å². The van der Waals surface area contributed by atoms with Gasteiger partial charge in [-0.15, -0.1) is 0 Å². The van der Waals surface area contributed by atoms with Crippen LogP contribution in [0.5, 0.6) is 0 Å². The fourth-order valence-electron chi connectivity index (χ4n) is 1.96. The molecule has 0 bridgehead atoms. The van der Waals surface area contributed by atoms with E-state index in [-0.39, 0.29) is 12.1 Å². The first-order valence-electron chi connectivity index (χ1n) is 5.47. The van der Waals surface area contributed by atoms with Crippen LogP contribution in [0.2, 0.25) is 0 Å². The van der Waals surface area contributed by atoms with Crippen molar-refractivity contribution >= 4 is 11.6 Å². The monoisotopic (exact) mass is 228 g/mol. The summed E-state index contributed by atoms with van der Waals surface area (Å²) < 4.78 is 5.51. The number of benzene rings is 1. The highest BCUT2D eigenvalue weighted by Gasteiger charge is 2.25. The first-order chi connectivity index (χ1) is 8.24. The molecular weight excluding hydrogens is 216 g/mol. The van der Waals surface area contributed by atoms with Gasteiger partial charge in [0.1, 0.15) is 11.5 Å². The lowest BCUT2D eigenvalue weighted by Crippen LogP contribution is -2.38. The first kappa shape index (κ1) is 9.96. The van der Waals surface area contributed by atoms with E-state index in [1.807, 2.05) is 37.3 Å². The average molecular weight is 228 g/mol. The van der Waals surface area contributed by atoms with E-state index in [9.17, 15) is 4.79 Å². The normalized spacial score (nSPS) is 18.2. The Bertz CT molecular complexity index is 574. The molecule has 0 radical (unpaired) electrons. The molecule has 4 nitrogen and oxygen atoms in total. The second-order valence-electron chi connectivity index (χ2n) is 4.04.